The van der Waals surface area contributed by atoms with Crippen LogP contribution in [-0.4, -0.2) is 4.98 Å². The zero-order valence-electron chi connectivity index (χ0n) is 10.3. The predicted molar refractivity (Wildman–Crippen MR) is 77.1 cm³/mol. The van der Waals surface area contributed by atoms with E-state index < -0.39 is 0 Å². The molecule has 0 aliphatic heterocycles. The number of rotatable bonds is 2. The molecule has 92 valence electrons. The molecule has 0 spiro atoms. The van der Waals surface area contributed by atoms with Gasteiger partial charge in [-0.15, -0.1) is 0 Å². The van der Waals surface area contributed by atoms with E-state index >= 15 is 0 Å². The van der Waals surface area contributed by atoms with Crippen LogP contribution in [0.4, 0.5) is 4.39 Å². The molecule has 1 nitrogen and oxygen atoms in total. The summed E-state index contributed by atoms with van der Waals surface area (Å²) < 4.78 is 13.1. The van der Waals surface area contributed by atoms with Gasteiger partial charge in [0.05, 0.1) is 11.2 Å². The second kappa shape index (κ2) is 5.02. The van der Waals surface area contributed by atoms with E-state index in [9.17, 15) is 4.39 Å². The molecule has 0 aliphatic carbocycles. The standard InChI is InChI=1S/C17H12FN/c18-15-8-11-17-14(12-15)7-10-16(19-17)9-6-13-4-2-1-3-5-13/h1-12H. The van der Waals surface area contributed by atoms with Crippen LogP contribution in [0.5, 0.6) is 0 Å². The number of halogens is 1. The summed E-state index contributed by atoms with van der Waals surface area (Å²) in [5.41, 5.74) is 2.79. The van der Waals surface area contributed by atoms with Gasteiger partial charge in [-0.2, -0.15) is 0 Å². The van der Waals surface area contributed by atoms with Crippen LogP contribution in [0.2, 0.25) is 0 Å². The lowest BCUT2D eigenvalue weighted by Gasteiger charge is -1.99. The van der Waals surface area contributed by atoms with Gasteiger partial charge in [-0.25, -0.2) is 9.37 Å². The SMILES string of the molecule is Fc1ccc2nc(C=Cc3ccccc3)ccc2c1. The molecule has 1 aromatic heterocycles. The normalized spacial score (nSPS) is 11.2. The zero-order chi connectivity index (χ0) is 13.1. The molecule has 0 radical (unpaired) electrons. The fourth-order valence-corrected chi connectivity index (χ4v) is 1.95. The summed E-state index contributed by atoms with van der Waals surface area (Å²) in [4.78, 5) is 4.48. The first-order valence-corrected chi connectivity index (χ1v) is 6.11. The van der Waals surface area contributed by atoms with Crippen molar-refractivity contribution in [1.82, 2.24) is 4.98 Å². The van der Waals surface area contributed by atoms with Crippen molar-refractivity contribution in [2.45, 2.75) is 0 Å². The topological polar surface area (TPSA) is 12.9 Å². The lowest BCUT2D eigenvalue weighted by atomic mass is 10.1. The number of hydrogen-bond donors (Lipinski definition) is 0. The molecular weight excluding hydrogens is 237 g/mol. The third-order valence-corrected chi connectivity index (χ3v) is 2.92. The van der Waals surface area contributed by atoms with Crippen LogP contribution >= 0.6 is 0 Å². The van der Waals surface area contributed by atoms with Gasteiger partial charge in [0.15, 0.2) is 0 Å². The van der Waals surface area contributed by atoms with Crippen LogP contribution in [0.15, 0.2) is 60.7 Å². The van der Waals surface area contributed by atoms with E-state index in [-0.39, 0.29) is 5.82 Å². The summed E-state index contributed by atoms with van der Waals surface area (Å²) in [7, 11) is 0. The van der Waals surface area contributed by atoms with Gasteiger partial charge in [-0.3, -0.25) is 0 Å². The Morgan fingerprint density at radius 3 is 2.53 bits per heavy atom. The first kappa shape index (κ1) is 11.6. The van der Waals surface area contributed by atoms with Crippen molar-refractivity contribution in [3.8, 4) is 0 Å². The average Bonchev–Trinajstić information content (AvgIpc) is 2.46. The van der Waals surface area contributed by atoms with E-state index in [0.717, 1.165) is 22.2 Å². The number of nitrogens with zero attached hydrogens (tertiary/aromatic N) is 1. The first-order valence-electron chi connectivity index (χ1n) is 6.11. The van der Waals surface area contributed by atoms with Gasteiger partial charge in [-0.1, -0.05) is 42.5 Å². The van der Waals surface area contributed by atoms with Crippen LogP contribution in [0.1, 0.15) is 11.3 Å². The van der Waals surface area contributed by atoms with E-state index in [4.69, 9.17) is 0 Å². The Bertz CT molecular complexity index is 733. The van der Waals surface area contributed by atoms with Crippen LogP contribution in [0, 0.1) is 5.82 Å². The second-order valence-electron chi connectivity index (χ2n) is 4.32. The van der Waals surface area contributed by atoms with Crippen molar-refractivity contribution in [1.29, 1.82) is 0 Å². The third-order valence-electron chi connectivity index (χ3n) is 2.92. The van der Waals surface area contributed by atoms with Gasteiger partial charge < -0.3 is 0 Å². The fraction of sp³-hybridized carbons (Fsp3) is 0. The number of fused-ring (bicyclic) bond motifs is 1. The van der Waals surface area contributed by atoms with Crippen LogP contribution < -0.4 is 0 Å². The Hall–Kier alpha value is -2.48. The van der Waals surface area contributed by atoms with Crippen LogP contribution in [0.3, 0.4) is 0 Å². The highest BCUT2D eigenvalue weighted by Crippen LogP contribution is 2.15. The number of benzene rings is 2. The van der Waals surface area contributed by atoms with Crippen molar-refractivity contribution in [2.75, 3.05) is 0 Å². The molecule has 0 atom stereocenters. The number of hydrogen-bond acceptors (Lipinski definition) is 1. The summed E-state index contributed by atoms with van der Waals surface area (Å²) >= 11 is 0. The van der Waals surface area contributed by atoms with Gasteiger partial charge in [-0.05, 0) is 35.9 Å². The van der Waals surface area contributed by atoms with Crippen molar-refractivity contribution in [2.24, 2.45) is 0 Å². The molecule has 3 rings (SSSR count). The zero-order valence-corrected chi connectivity index (χ0v) is 10.3. The van der Waals surface area contributed by atoms with Gasteiger partial charge in [0.25, 0.3) is 0 Å². The minimum atomic E-state index is -0.234. The molecule has 0 amide bonds. The van der Waals surface area contributed by atoms with Gasteiger partial charge >= 0.3 is 0 Å². The smallest absolute Gasteiger partial charge is 0.123 e. The molecule has 0 aliphatic rings. The lowest BCUT2D eigenvalue weighted by Crippen LogP contribution is -1.84. The third kappa shape index (κ3) is 2.68. The summed E-state index contributed by atoms with van der Waals surface area (Å²) in [6, 6.07) is 18.4. The quantitative estimate of drug-likeness (QED) is 0.649. The van der Waals surface area contributed by atoms with Gasteiger partial charge in [0.1, 0.15) is 5.82 Å². The molecule has 0 saturated carbocycles. The van der Waals surface area contributed by atoms with Crippen LogP contribution in [0.25, 0.3) is 23.1 Å². The van der Waals surface area contributed by atoms with Crippen molar-refractivity contribution in [3.63, 3.8) is 0 Å². The first-order chi connectivity index (χ1) is 9.31. The van der Waals surface area contributed by atoms with E-state index in [0.29, 0.717) is 0 Å². The molecule has 0 saturated heterocycles. The lowest BCUT2D eigenvalue weighted by molar-refractivity contribution is 0.629. The summed E-state index contributed by atoms with van der Waals surface area (Å²) in [5, 5.41) is 0.817. The highest BCUT2D eigenvalue weighted by Gasteiger charge is 1.97. The maximum Gasteiger partial charge on any atom is 0.123 e. The second-order valence-corrected chi connectivity index (χ2v) is 4.32. The molecule has 1 heterocycles. The van der Waals surface area contributed by atoms with E-state index in [1.165, 1.54) is 12.1 Å². The number of pyridine rings is 1. The fourth-order valence-electron chi connectivity index (χ4n) is 1.95. The molecule has 0 fully saturated rings. The minimum Gasteiger partial charge on any atom is -0.248 e. The Balaban J connectivity index is 1.94. The highest BCUT2D eigenvalue weighted by molar-refractivity contribution is 5.80. The molecule has 0 N–H and O–H groups in total. The molecule has 19 heavy (non-hydrogen) atoms. The Morgan fingerprint density at radius 2 is 1.68 bits per heavy atom. The Kier molecular flexibility index (Phi) is 3.07. The maximum absolute atomic E-state index is 13.1. The molecule has 2 aromatic carbocycles. The summed E-state index contributed by atoms with van der Waals surface area (Å²) in [6.07, 6.45) is 3.97. The van der Waals surface area contributed by atoms with E-state index in [1.54, 1.807) is 6.07 Å². The minimum absolute atomic E-state index is 0.234. The Labute approximate surface area is 111 Å². The largest absolute Gasteiger partial charge is 0.248 e. The predicted octanol–water partition coefficient (Wildman–Crippen LogP) is 4.54. The number of aromatic nitrogens is 1. The van der Waals surface area contributed by atoms with Gasteiger partial charge in [0, 0.05) is 5.39 Å². The molecule has 0 bridgehead atoms. The van der Waals surface area contributed by atoms with Gasteiger partial charge in [0.2, 0.25) is 0 Å². The summed E-state index contributed by atoms with van der Waals surface area (Å²) in [6.45, 7) is 0. The monoisotopic (exact) mass is 249 g/mol. The van der Waals surface area contributed by atoms with Crippen LogP contribution in [-0.2, 0) is 0 Å². The average molecular weight is 249 g/mol. The summed E-state index contributed by atoms with van der Waals surface area (Å²) in [5.74, 6) is -0.234. The maximum atomic E-state index is 13.1. The van der Waals surface area contributed by atoms with Crippen molar-refractivity contribution < 1.29 is 4.39 Å². The van der Waals surface area contributed by atoms with E-state index in [2.05, 4.69) is 4.98 Å². The van der Waals surface area contributed by atoms with Crippen molar-refractivity contribution in [3.05, 3.63) is 77.7 Å². The molecule has 3 aromatic rings. The van der Waals surface area contributed by atoms with Crippen molar-refractivity contribution >= 4 is 23.1 Å². The Morgan fingerprint density at radius 1 is 0.842 bits per heavy atom. The molecule has 0 unspecified atom stereocenters. The highest BCUT2D eigenvalue weighted by atomic mass is 19.1. The van der Waals surface area contributed by atoms with E-state index in [1.807, 2.05) is 54.6 Å². The molecular formula is C17H12FN. The molecule has 2 heteroatoms.